The summed E-state index contributed by atoms with van der Waals surface area (Å²) in [7, 11) is -1.57. The van der Waals surface area contributed by atoms with Crippen molar-refractivity contribution in [2.75, 3.05) is 43.9 Å². The molecule has 1 fully saturated rings. The predicted octanol–water partition coefficient (Wildman–Crippen LogP) is 1.46. The molecule has 0 bridgehead atoms. The van der Waals surface area contributed by atoms with Crippen molar-refractivity contribution in [1.29, 1.82) is 0 Å². The van der Waals surface area contributed by atoms with Crippen molar-refractivity contribution < 1.29 is 12.9 Å². The molecule has 0 aliphatic carbocycles. The Hall–Kier alpha value is -0.530. The monoisotopic (exact) mass is 517 g/mol. The van der Waals surface area contributed by atoms with Crippen LogP contribution >= 0.6 is 35.7 Å². The van der Waals surface area contributed by atoms with Crippen molar-refractivity contribution in [1.82, 2.24) is 20.1 Å². The minimum absolute atomic E-state index is 0. The number of hydrogen-bond donors (Lipinski definition) is 2. The molecule has 0 radical (unpaired) electrons. The van der Waals surface area contributed by atoms with E-state index in [1.54, 1.807) is 23.1 Å². The van der Waals surface area contributed by atoms with Crippen LogP contribution in [0.4, 0.5) is 0 Å². The van der Waals surface area contributed by atoms with Gasteiger partial charge in [0.05, 0.1) is 18.0 Å². The van der Waals surface area contributed by atoms with Gasteiger partial charge < -0.3 is 15.2 Å². The number of guanidine groups is 1. The summed E-state index contributed by atoms with van der Waals surface area (Å²) in [6.07, 6.45) is 0. The van der Waals surface area contributed by atoms with E-state index in [1.165, 1.54) is 0 Å². The van der Waals surface area contributed by atoms with Gasteiger partial charge in [-0.2, -0.15) is 11.8 Å². The van der Waals surface area contributed by atoms with E-state index in [0.29, 0.717) is 43.8 Å². The van der Waals surface area contributed by atoms with Gasteiger partial charge in [-0.05, 0) is 5.92 Å². The van der Waals surface area contributed by atoms with Crippen LogP contribution in [0, 0.1) is 0 Å². The highest BCUT2D eigenvalue weighted by Gasteiger charge is 2.23. The topological polar surface area (TPSA) is 99.8 Å². The second kappa shape index (κ2) is 11.3. The number of halogens is 1. The van der Waals surface area contributed by atoms with Gasteiger partial charge in [0.15, 0.2) is 11.7 Å². The maximum absolute atomic E-state index is 12.3. The second-order valence-electron chi connectivity index (χ2n) is 6.05. The predicted molar refractivity (Wildman–Crippen MR) is 117 cm³/mol. The molecule has 2 heterocycles. The number of hydrogen-bond acceptors (Lipinski definition) is 6. The quantitative estimate of drug-likeness (QED) is 0.321. The van der Waals surface area contributed by atoms with Crippen LogP contribution in [0.2, 0.25) is 0 Å². The van der Waals surface area contributed by atoms with E-state index < -0.39 is 10.0 Å². The summed E-state index contributed by atoms with van der Waals surface area (Å²) in [6, 6.07) is 1.91. The van der Waals surface area contributed by atoms with Crippen LogP contribution in [-0.4, -0.2) is 67.8 Å². The molecule has 0 spiro atoms. The van der Waals surface area contributed by atoms with Gasteiger partial charge in [0, 0.05) is 44.3 Å². The molecule has 0 amide bonds. The van der Waals surface area contributed by atoms with Gasteiger partial charge in [-0.25, -0.2) is 12.7 Å². The molecular weight excluding hydrogens is 489 g/mol. The molecule has 1 aliphatic heterocycles. The smallest absolute Gasteiger partial charge is 0.215 e. The van der Waals surface area contributed by atoms with E-state index in [2.05, 4.69) is 34.6 Å². The molecule has 2 rings (SSSR count). The molecule has 1 saturated heterocycles. The van der Waals surface area contributed by atoms with Crippen molar-refractivity contribution in [3.8, 4) is 0 Å². The Morgan fingerprint density at radius 1 is 1.38 bits per heavy atom. The molecule has 0 saturated carbocycles. The molecule has 1 aromatic rings. The van der Waals surface area contributed by atoms with Crippen LogP contribution in [0.5, 0.6) is 0 Å². The number of aliphatic imine (C=N–C) groups is 1. The Kier molecular flexibility index (Phi) is 10.3. The summed E-state index contributed by atoms with van der Waals surface area (Å²) in [6.45, 7) is 6.05. The first-order valence-electron chi connectivity index (χ1n) is 8.38. The van der Waals surface area contributed by atoms with Gasteiger partial charge >= 0.3 is 0 Å². The number of aromatic nitrogens is 1. The summed E-state index contributed by atoms with van der Waals surface area (Å²) in [5.74, 6) is 3.35. The first-order valence-corrected chi connectivity index (χ1v) is 11.1. The van der Waals surface area contributed by atoms with Gasteiger partial charge in [0.1, 0.15) is 0 Å². The third-order valence-corrected chi connectivity index (χ3v) is 6.65. The van der Waals surface area contributed by atoms with Crippen LogP contribution in [0.3, 0.4) is 0 Å². The Bertz CT molecular complexity index is 673. The Morgan fingerprint density at radius 2 is 2.08 bits per heavy atom. The van der Waals surface area contributed by atoms with E-state index in [4.69, 9.17) is 4.52 Å². The standard InChI is InChI=1S/C15H27N5O3S2.HI/c1-12(2)14-10-13(23-19-14)11-18-15(16-3)17-4-9-25(21,22)20-5-7-24-8-6-20;/h10,12H,4-9,11H2,1-3H3,(H2,16,17,18);1H. The van der Waals surface area contributed by atoms with Crippen molar-refractivity contribution in [3.63, 3.8) is 0 Å². The average molecular weight is 517 g/mol. The second-order valence-corrected chi connectivity index (χ2v) is 9.37. The third kappa shape index (κ3) is 7.24. The lowest BCUT2D eigenvalue weighted by molar-refractivity contribution is 0.372. The van der Waals surface area contributed by atoms with E-state index in [-0.39, 0.29) is 29.7 Å². The van der Waals surface area contributed by atoms with Crippen LogP contribution in [-0.2, 0) is 16.6 Å². The van der Waals surface area contributed by atoms with Gasteiger partial charge in [-0.1, -0.05) is 19.0 Å². The highest BCUT2D eigenvalue weighted by Crippen LogP contribution is 2.14. The molecule has 8 nitrogen and oxygen atoms in total. The number of thioether (sulfide) groups is 1. The zero-order chi connectivity index (χ0) is 18.3. The lowest BCUT2D eigenvalue weighted by Crippen LogP contribution is -2.44. The average Bonchev–Trinajstić information content (AvgIpc) is 3.08. The summed E-state index contributed by atoms with van der Waals surface area (Å²) >= 11 is 1.79. The first-order chi connectivity index (χ1) is 11.9. The highest BCUT2D eigenvalue weighted by atomic mass is 127. The summed E-state index contributed by atoms with van der Waals surface area (Å²) in [5.41, 5.74) is 0.908. The number of nitrogens with zero attached hydrogens (tertiary/aromatic N) is 3. The molecule has 0 aromatic carbocycles. The van der Waals surface area contributed by atoms with Crippen molar-refractivity contribution in [2.24, 2.45) is 4.99 Å². The lowest BCUT2D eigenvalue weighted by atomic mass is 10.1. The third-order valence-electron chi connectivity index (χ3n) is 3.84. The van der Waals surface area contributed by atoms with Crippen molar-refractivity contribution >= 4 is 51.7 Å². The zero-order valence-electron chi connectivity index (χ0n) is 15.4. The molecule has 1 aliphatic rings. The van der Waals surface area contributed by atoms with E-state index in [1.807, 2.05) is 6.07 Å². The minimum Gasteiger partial charge on any atom is -0.359 e. The number of rotatable bonds is 7. The Balaban J connectivity index is 0.00000338. The summed E-state index contributed by atoms with van der Waals surface area (Å²) in [4.78, 5) is 4.10. The Labute approximate surface area is 177 Å². The molecule has 1 aromatic heterocycles. The van der Waals surface area contributed by atoms with E-state index >= 15 is 0 Å². The SMILES string of the molecule is CN=C(NCCS(=O)(=O)N1CCSCC1)NCc1cc(C(C)C)no1.I. The molecule has 0 atom stereocenters. The maximum Gasteiger partial charge on any atom is 0.215 e. The van der Waals surface area contributed by atoms with Gasteiger partial charge in [-0.3, -0.25) is 4.99 Å². The molecule has 2 N–H and O–H groups in total. The van der Waals surface area contributed by atoms with Crippen molar-refractivity contribution in [2.45, 2.75) is 26.3 Å². The highest BCUT2D eigenvalue weighted by molar-refractivity contribution is 14.0. The largest absolute Gasteiger partial charge is 0.359 e. The van der Waals surface area contributed by atoms with Crippen LogP contribution < -0.4 is 10.6 Å². The number of sulfonamides is 1. The van der Waals surface area contributed by atoms with Crippen LogP contribution in [0.25, 0.3) is 0 Å². The molecule has 0 unspecified atom stereocenters. The first kappa shape index (κ1) is 23.5. The zero-order valence-corrected chi connectivity index (χ0v) is 19.4. The van der Waals surface area contributed by atoms with Crippen LogP contribution in [0.1, 0.15) is 31.2 Å². The fourth-order valence-electron chi connectivity index (χ4n) is 2.33. The fraction of sp³-hybridized carbons (Fsp3) is 0.733. The lowest BCUT2D eigenvalue weighted by Gasteiger charge is -2.25. The Morgan fingerprint density at radius 3 is 2.65 bits per heavy atom. The summed E-state index contributed by atoms with van der Waals surface area (Å²) in [5, 5.41) is 10.1. The van der Waals surface area contributed by atoms with Gasteiger partial charge in [0.25, 0.3) is 0 Å². The normalized spacial score (nSPS) is 16.4. The minimum atomic E-state index is -3.21. The summed E-state index contributed by atoms with van der Waals surface area (Å²) < 4.78 is 31.4. The maximum atomic E-state index is 12.3. The van der Waals surface area contributed by atoms with E-state index in [0.717, 1.165) is 17.2 Å². The van der Waals surface area contributed by atoms with Gasteiger partial charge in [-0.15, -0.1) is 24.0 Å². The van der Waals surface area contributed by atoms with E-state index in [9.17, 15) is 8.42 Å². The van der Waals surface area contributed by atoms with Crippen molar-refractivity contribution in [3.05, 3.63) is 17.5 Å². The molecule has 26 heavy (non-hydrogen) atoms. The molecular formula is C15H28IN5O3S2. The number of nitrogens with one attached hydrogen (secondary N) is 2. The fourth-order valence-corrected chi connectivity index (χ4v) is 4.82. The van der Waals surface area contributed by atoms with Gasteiger partial charge in [0.2, 0.25) is 10.0 Å². The molecule has 11 heteroatoms. The van der Waals surface area contributed by atoms with Crippen LogP contribution in [0.15, 0.2) is 15.6 Å². The molecule has 150 valence electrons.